The number of nitrogens with two attached hydrogens (primary N) is 1. The second kappa shape index (κ2) is 6.53. The minimum Gasteiger partial charge on any atom is -0.378 e. The smallest absolute Gasteiger partial charge is 0.268 e. The summed E-state index contributed by atoms with van der Waals surface area (Å²) in [5.74, 6) is 0.913. The van der Waals surface area contributed by atoms with E-state index in [0.717, 1.165) is 44.8 Å². The molecule has 1 amide bonds. The molecule has 0 spiro atoms. The lowest BCUT2D eigenvalue weighted by molar-refractivity contribution is -0.0816. The Hall–Kier alpha value is -1.73. The van der Waals surface area contributed by atoms with E-state index < -0.39 is 5.91 Å². The Morgan fingerprint density at radius 2 is 2.20 bits per heavy atom. The molecule has 4 rings (SSSR count). The van der Waals surface area contributed by atoms with Crippen LogP contribution in [-0.2, 0) is 9.47 Å². The van der Waals surface area contributed by atoms with Crippen LogP contribution in [0.25, 0.3) is 0 Å². The zero-order valence-electron chi connectivity index (χ0n) is 14.7. The molecule has 3 unspecified atom stereocenters. The fraction of sp³-hybridized carbons (Fsp3) is 0.722. The third-order valence-electron chi connectivity index (χ3n) is 5.97. The van der Waals surface area contributed by atoms with E-state index >= 15 is 0 Å². The highest BCUT2D eigenvalue weighted by Gasteiger charge is 2.52. The first-order chi connectivity index (χ1) is 12.1. The number of carbonyl (C=O) groups excluding carboxylic acids is 1. The summed E-state index contributed by atoms with van der Waals surface area (Å²) in [5, 5.41) is 0. The van der Waals surface area contributed by atoms with Crippen molar-refractivity contribution in [3.05, 3.63) is 18.1 Å². The van der Waals surface area contributed by atoms with E-state index in [-0.39, 0.29) is 23.4 Å². The van der Waals surface area contributed by atoms with Gasteiger partial charge in [-0.2, -0.15) is 0 Å². The second-order valence-corrected chi connectivity index (χ2v) is 7.53. The van der Waals surface area contributed by atoms with E-state index in [2.05, 4.69) is 14.9 Å². The topological polar surface area (TPSA) is 90.6 Å². The lowest BCUT2D eigenvalue weighted by atomic mass is 9.79. The van der Waals surface area contributed by atoms with Crippen molar-refractivity contribution in [3.63, 3.8) is 0 Å². The molecule has 7 nitrogen and oxygen atoms in total. The normalized spacial score (nSPS) is 31.8. The molecule has 3 aliphatic rings. The second-order valence-electron chi connectivity index (χ2n) is 7.53. The zero-order chi connectivity index (χ0) is 17.4. The number of aromatic nitrogens is 2. The molecule has 3 atom stereocenters. The molecule has 0 radical (unpaired) electrons. The molecular weight excluding hydrogens is 320 g/mol. The van der Waals surface area contributed by atoms with Gasteiger partial charge in [0.25, 0.3) is 5.91 Å². The van der Waals surface area contributed by atoms with Crippen LogP contribution in [0.3, 0.4) is 0 Å². The molecule has 7 heteroatoms. The summed E-state index contributed by atoms with van der Waals surface area (Å²) in [6.07, 6.45) is 9.89. The number of hydrogen-bond acceptors (Lipinski definition) is 6. The number of amides is 1. The van der Waals surface area contributed by atoms with Gasteiger partial charge in [-0.1, -0.05) is 0 Å². The van der Waals surface area contributed by atoms with Gasteiger partial charge >= 0.3 is 0 Å². The van der Waals surface area contributed by atoms with Crippen LogP contribution >= 0.6 is 0 Å². The molecule has 1 aromatic rings. The number of nitrogens with zero attached hydrogens (tertiary/aromatic N) is 3. The highest BCUT2D eigenvalue weighted by molar-refractivity contribution is 5.90. The SMILES string of the molecule is COC12CCC(OCC3CC3)CC1N(c1cncc(C(N)=O)n1)CC2. The van der Waals surface area contributed by atoms with E-state index in [0.29, 0.717) is 5.82 Å². The fourth-order valence-electron chi connectivity index (χ4n) is 4.26. The molecule has 136 valence electrons. The number of fused-ring (bicyclic) bond motifs is 1. The quantitative estimate of drug-likeness (QED) is 0.840. The number of anilines is 1. The first-order valence-corrected chi connectivity index (χ1v) is 9.16. The third kappa shape index (κ3) is 3.22. The zero-order valence-corrected chi connectivity index (χ0v) is 14.7. The van der Waals surface area contributed by atoms with Gasteiger partial charge in [0.05, 0.1) is 30.1 Å². The van der Waals surface area contributed by atoms with E-state index in [4.69, 9.17) is 15.2 Å². The minimum absolute atomic E-state index is 0.163. The van der Waals surface area contributed by atoms with Gasteiger partial charge in [0.15, 0.2) is 0 Å². The van der Waals surface area contributed by atoms with Gasteiger partial charge in [0.1, 0.15) is 11.5 Å². The predicted molar refractivity (Wildman–Crippen MR) is 92.4 cm³/mol. The Morgan fingerprint density at radius 1 is 1.36 bits per heavy atom. The molecule has 2 heterocycles. The standard InChI is InChI=1S/C18H26N4O3/c1-24-18-5-4-13(25-11-12-2-3-12)8-15(18)22(7-6-18)16-10-20-9-14(21-16)17(19)23/h9-10,12-13,15H,2-8,11H2,1H3,(H2,19,23). The average Bonchev–Trinajstić information content (AvgIpc) is 3.39. The Balaban J connectivity index is 1.53. The van der Waals surface area contributed by atoms with E-state index in [9.17, 15) is 4.79 Å². The summed E-state index contributed by atoms with van der Waals surface area (Å²) in [7, 11) is 1.80. The first-order valence-electron chi connectivity index (χ1n) is 9.16. The van der Waals surface area contributed by atoms with Crippen LogP contribution in [0.2, 0.25) is 0 Å². The van der Waals surface area contributed by atoms with Gasteiger partial charge < -0.3 is 20.1 Å². The average molecular weight is 346 g/mol. The number of primary amides is 1. The summed E-state index contributed by atoms with van der Waals surface area (Å²) >= 11 is 0. The summed E-state index contributed by atoms with van der Waals surface area (Å²) in [5.41, 5.74) is 5.39. The van der Waals surface area contributed by atoms with Crippen molar-refractivity contribution in [2.45, 2.75) is 56.3 Å². The third-order valence-corrected chi connectivity index (χ3v) is 5.97. The van der Waals surface area contributed by atoms with Gasteiger partial charge in [-0.3, -0.25) is 9.78 Å². The maximum atomic E-state index is 11.4. The lowest BCUT2D eigenvalue weighted by Crippen LogP contribution is -2.52. The molecular formula is C18H26N4O3. The molecule has 2 saturated carbocycles. The van der Waals surface area contributed by atoms with Gasteiger partial charge in [-0.05, 0) is 44.4 Å². The minimum atomic E-state index is -0.555. The molecule has 0 aromatic carbocycles. The van der Waals surface area contributed by atoms with Gasteiger partial charge in [0.2, 0.25) is 0 Å². The van der Waals surface area contributed by atoms with Crippen molar-refractivity contribution in [1.29, 1.82) is 0 Å². The van der Waals surface area contributed by atoms with Crippen molar-refractivity contribution in [3.8, 4) is 0 Å². The Kier molecular flexibility index (Phi) is 4.37. The molecule has 25 heavy (non-hydrogen) atoms. The summed E-state index contributed by atoms with van der Waals surface area (Å²) in [4.78, 5) is 22.2. The first kappa shape index (κ1) is 16.7. The van der Waals surface area contributed by atoms with Gasteiger partial charge in [0, 0.05) is 20.3 Å². The number of ether oxygens (including phenoxy) is 2. The molecule has 2 N–H and O–H groups in total. The van der Waals surface area contributed by atoms with Crippen LogP contribution in [0.5, 0.6) is 0 Å². The maximum absolute atomic E-state index is 11.4. The van der Waals surface area contributed by atoms with Crippen molar-refractivity contribution < 1.29 is 14.3 Å². The summed E-state index contributed by atoms with van der Waals surface area (Å²) in [6.45, 7) is 1.72. The number of rotatable bonds is 6. The van der Waals surface area contributed by atoms with Crippen LogP contribution in [0.1, 0.15) is 49.0 Å². The monoisotopic (exact) mass is 346 g/mol. The van der Waals surface area contributed by atoms with Crippen LogP contribution in [0, 0.1) is 5.92 Å². The van der Waals surface area contributed by atoms with E-state index in [1.807, 2.05) is 0 Å². The van der Waals surface area contributed by atoms with Crippen molar-refractivity contribution in [1.82, 2.24) is 9.97 Å². The van der Waals surface area contributed by atoms with Crippen LogP contribution in [0.4, 0.5) is 5.82 Å². The van der Waals surface area contributed by atoms with Gasteiger partial charge in [-0.25, -0.2) is 4.98 Å². The van der Waals surface area contributed by atoms with Crippen molar-refractivity contribution >= 4 is 11.7 Å². The number of hydrogen-bond donors (Lipinski definition) is 1. The van der Waals surface area contributed by atoms with Gasteiger partial charge in [-0.15, -0.1) is 0 Å². The highest BCUT2D eigenvalue weighted by atomic mass is 16.5. The molecule has 1 aliphatic heterocycles. The van der Waals surface area contributed by atoms with Crippen molar-refractivity contribution in [2.75, 3.05) is 25.2 Å². The maximum Gasteiger partial charge on any atom is 0.268 e. The molecule has 1 saturated heterocycles. The lowest BCUT2D eigenvalue weighted by Gasteiger charge is -2.43. The fourth-order valence-corrected chi connectivity index (χ4v) is 4.26. The summed E-state index contributed by atoms with van der Waals surface area (Å²) in [6, 6.07) is 0.188. The Bertz CT molecular complexity index is 651. The number of carbonyl (C=O) groups is 1. The Labute approximate surface area is 147 Å². The molecule has 2 aliphatic carbocycles. The van der Waals surface area contributed by atoms with E-state index in [1.165, 1.54) is 19.0 Å². The molecule has 0 bridgehead atoms. The van der Waals surface area contributed by atoms with Crippen LogP contribution in [0.15, 0.2) is 12.4 Å². The Morgan fingerprint density at radius 3 is 2.92 bits per heavy atom. The number of methoxy groups -OCH3 is 1. The molecule has 1 aromatic heterocycles. The molecule has 3 fully saturated rings. The van der Waals surface area contributed by atoms with Crippen LogP contribution < -0.4 is 10.6 Å². The van der Waals surface area contributed by atoms with E-state index in [1.54, 1.807) is 13.3 Å². The highest BCUT2D eigenvalue weighted by Crippen LogP contribution is 2.44. The summed E-state index contributed by atoms with van der Waals surface area (Å²) < 4.78 is 12.1. The largest absolute Gasteiger partial charge is 0.378 e. The predicted octanol–water partition coefficient (Wildman–Crippen LogP) is 1.52. The van der Waals surface area contributed by atoms with Crippen LogP contribution in [-0.4, -0.2) is 53.9 Å². The van der Waals surface area contributed by atoms with Crippen molar-refractivity contribution in [2.24, 2.45) is 11.7 Å².